The molecule has 4 aromatic rings. The van der Waals surface area contributed by atoms with Gasteiger partial charge in [0.25, 0.3) is 11.4 Å². The van der Waals surface area contributed by atoms with Crippen LogP contribution in [0.15, 0.2) is 33.8 Å². The molecule has 1 aliphatic carbocycles. The van der Waals surface area contributed by atoms with E-state index in [1.807, 2.05) is 0 Å². The van der Waals surface area contributed by atoms with Gasteiger partial charge in [-0.15, -0.1) is 0 Å². The molecule has 2 aliphatic rings. The fourth-order valence-electron chi connectivity index (χ4n) is 4.38. The van der Waals surface area contributed by atoms with Crippen molar-refractivity contribution in [2.75, 3.05) is 13.7 Å². The van der Waals surface area contributed by atoms with Gasteiger partial charge in [-0.2, -0.15) is 4.98 Å². The third-order valence-electron chi connectivity index (χ3n) is 6.24. The van der Waals surface area contributed by atoms with Gasteiger partial charge in [-0.25, -0.2) is 9.37 Å². The number of benzene rings is 1. The number of ether oxygens (including phenoxy) is 2. The molecule has 0 radical (unpaired) electrons. The van der Waals surface area contributed by atoms with Crippen molar-refractivity contribution in [3.8, 4) is 11.5 Å². The van der Waals surface area contributed by atoms with E-state index in [1.165, 1.54) is 17.0 Å². The number of aromatic nitrogens is 5. The highest BCUT2D eigenvalue weighted by Crippen LogP contribution is 2.48. The Morgan fingerprint density at radius 2 is 2.19 bits per heavy atom. The smallest absolute Gasteiger partial charge is 0.277 e. The normalized spacial score (nSPS) is 20.1. The summed E-state index contributed by atoms with van der Waals surface area (Å²) < 4.78 is 34.5. The van der Waals surface area contributed by atoms with E-state index in [0.717, 1.165) is 25.7 Å². The van der Waals surface area contributed by atoms with Gasteiger partial charge in [0, 0.05) is 13.7 Å². The van der Waals surface area contributed by atoms with E-state index in [4.69, 9.17) is 14.0 Å². The molecule has 6 rings (SSSR count). The maximum Gasteiger partial charge on any atom is 0.277 e. The molecule has 10 heteroatoms. The average Bonchev–Trinajstić information content (AvgIpc) is 3.18. The molecule has 0 bridgehead atoms. The molecule has 2 fully saturated rings. The lowest BCUT2D eigenvalue weighted by molar-refractivity contribution is 0.0492. The Hall–Kier alpha value is -3.11. The molecule has 1 unspecified atom stereocenters. The number of hydrogen-bond donors (Lipinski definition) is 0. The fourth-order valence-corrected chi connectivity index (χ4v) is 4.38. The predicted molar refractivity (Wildman–Crippen MR) is 107 cm³/mol. The van der Waals surface area contributed by atoms with Gasteiger partial charge in [-0.3, -0.25) is 13.8 Å². The van der Waals surface area contributed by atoms with Gasteiger partial charge in [0.1, 0.15) is 34.5 Å². The van der Waals surface area contributed by atoms with Crippen molar-refractivity contribution in [3.63, 3.8) is 0 Å². The van der Waals surface area contributed by atoms with Crippen LogP contribution < -0.4 is 5.56 Å². The Balaban J connectivity index is 1.57. The topological polar surface area (TPSA) is 96.7 Å². The minimum absolute atomic E-state index is 0.137. The molecule has 0 amide bonds. The third kappa shape index (κ3) is 2.75. The molecular weight excluding hydrogens is 405 g/mol. The summed E-state index contributed by atoms with van der Waals surface area (Å²) in [4.78, 5) is 22.4. The zero-order valence-corrected chi connectivity index (χ0v) is 16.9. The molecule has 1 saturated heterocycles. The molecule has 3 aromatic heterocycles. The summed E-state index contributed by atoms with van der Waals surface area (Å²) in [7, 11) is 1.60. The van der Waals surface area contributed by atoms with Gasteiger partial charge >= 0.3 is 0 Å². The Kier molecular flexibility index (Phi) is 4.03. The molecule has 9 nitrogen and oxygen atoms in total. The maximum absolute atomic E-state index is 14.9. The van der Waals surface area contributed by atoms with Crippen LogP contribution in [0.5, 0.6) is 0 Å². The molecule has 4 heterocycles. The highest BCUT2D eigenvalue weighted by molar-refractivity contribution is 5.84. The summed E-state index contributed by atoms with van der Waals surface area (Å²) in [6.07, 6.45) is 4.70. The van der Waals surface area contributed by atoms with Crippen LogP contribution in [0.4, 0.5) is 4.39 Å². The van der Waals surface area contributed by atoms with E-state index in [9.17, 15) is 9.18 Å². The van der Waals surface area contributed by atoms with E-state index >= 15 is 0 Å². The van der Waals surface area contributed by atoms with Crippen molar-refractivity contribution >= 4 is 16.6 Å². The standard InChI is InChI=1S/C21H20FN5O4/c1-29-21(7-8-21)20-24-18(25-31-20)15-17-19(28)26(10-12-4-3-9-30-12)16-13(22)5-2-6-14(16)27(17)11-23-15/h2,5-6,11-12H,3-4,7-10H2,1H3. The minimum Gasteiger partial charge on any atom is -0.376 e. The first kappa shape index (κ1) is 18.6. The molecule has 1 saturated carbocycles. The monoisotopic (exact) mass is 425 g/mol. The zero-order valence-electron chi connectivity index (χ0n) is 16.9. The SMILES string of the molecule is COC1(c2nc(-c3ncn4c3c(=O)n(CC3CCCO3)c3c(F)cccc34)no2)CC1. The van der Waals surface area contributed by atoms with Gasteiger partial charge in [-0.05, 0) is 37.8 Å². The lowest BCUT2D eigenvalue weighted by Gasteiger charge is -2.16. The number of fused-ring (bicyclic) bond motifs is 3. The van der Waals surface area contributed by atoms with Gasteiger partial charge < -0.3 is 14.0 Å². The van der Waals surface area contributed by atoms with Crippen LogP contribution in [-0.2, 0) is 21.6 Å². The number of hydrogen-bond acceptors (Lipinski definition) is 7. The summed E-state index contributed by atoms with van der Waals surface area (Å²) in [5.41, 5.74) is 0.399. The van der Waals surface area contributed by atoms with E-state index in [-0.39, 0.29) is 35.1 Å². The zero-order chi connectivity index (χ0) is 21.2. The predicted octanol–water partition coefficient (Wildman–Crippen LogP) is 2.65. The highest BCUT2D eigenvalue weighted by Gasteiger charge is 2.50. The fraction of sp³-hybridized carbons (Fsp3) is 0.429. The first-order chi connectivity index (χ1) is 15.1. The van der Waals surface area contributed by atoms with E-state index in [2.05, 4.69) is 15.1 Å². The van der Waals surface area contributed by atoms with Crippen LogP contribution >= 0.6 is 0 Å². The number of halogens is 1. The summed E-state index contributed by atoms with van der Waals surface area (Å²) >= 11 is 0. The van der Waals surface area contributed by atoms with Crippen molar-refractivity contribution in [2.24, 2.45) is 0 Å². The summed E-state index contributed by atoms with van der Waals surface area (Å²) in [6, 6.07) is 4.72. The van der Waals surface area contributed by atoms with Crippen LogP contribution in [0, 0.1) is 5.82 Å². The Labute approximate surface area is 175 Å². The van der Waals surface area contributed by atoms with Gasteiger partial charge in [0.05, 0.1) is 18.2 Å². The molecule has 0 spiro atoms. The molecule has 0 N–H and O–H groups in total. The number of methoxy groups -OCH3 is 1. The van der Waals surface area contributed by atoms with E-state index in [1.54, 1.807) is 23.6 Å². The highest BCUT2D eigenvalue weighted by atomic mass is 19.1. The molecule has 1 aromatic carbocycles. The van der Waals surface area contributed by atoms with Crippen LogP contribution in [-0.4, -0.2) is 43.9 Å². The summed E-state index contributed by atoms with van der Waals surface area (Å²) in [6.45, 7) is 0.911. The summed E-state index contributed by atoms with van der Waals surface area (Å²) in [5.74, 6) is 0.109. The van der Waals surface area contributed by atoms with Crippen molar-refractivity contribution < 1.29 is 18.4 Å². The number of imidazole rings is 1. The van der Waals surface area contributed by atoms with Crippen LogP contribution in [0.1, 0.15) is 31.6 Å². The Bertz CT molecular complexity index is 1360. The van der Waals surface area contributed by atoms with Gasteiger partial charge in [0.2, 0.25) is 5.82 Å². The number of para-hydroxylation sites is 1. The first-order valence-electron chi connectivity index (χ1n) is 10.3. The molecule has 160 valence electrons. The lowest BCUT2D eigenvalue weighted by Crippen LogP contribution is -2.29. The molecule has 1 atom stereocenters. The van der Waals surface area contributed by atoms with E-state index < -0.39 is 11.4 Å². The second-order valence-electron chi connectivity index (χ2n) is 8.09. The largest absolute Gasteiger partial charge is 0.376 e. The average molecular weight is 425 g/mol. The van der Waals surface area contributed by atoms with Crippen LogP contribution in [0.3, 0.4) is 0 Å². The second kappa shape index (κ2) is 6.69. The van der Waals surface area contributed by atoms with Crippen molar-refractivity contribution in [2.45, 2.75) is 43.9 Å². The van der Waals surface area contributed by atoms with Crippen molar-refractivity contribution in [1.29, 1.82) is 0 Å². The Morgan fingerprint density at radius 1 is 1.32 bits per heavy atom. The number of nitrogens with zero attached hydrogens (tertiary/aromatic N) is 5. The quantitative estimate of drug-likeness (QED) is 0.485. The van der Waals surface area contributed by atoms with Crippen LogP contribution in [0.2, 0.25) is 0 Å². The molecular formula is C21H20FN5O4. The third-order valence-corrected chi connectivity index (χ3v) is 6.24. The van der Waals surface area contributed by atoms with Gasteiger partial charge in [0.15, 0.2) is 0 Å². The number of rotatable bonds is 5. The molecule has 1 aliphatic heterocycles. The minimum atomic E-state index is -0.545. The van der Waals surface area contributed by atoms with Gasteiger partial charge in [-0.1, -0.05) is 11.2 Å². The Morgan fingerprint density at radius 3 is 2.94 bits per heavy atom. The van der Waals surface area contributed by atoms with Crippen molar-refractivity contribution in [1.82, 2.24) is 24.1 Å². The van der Waals surface area contributed by atoms with Crippen LogP contribution in [0.25, 0.3) is 28.1 Å². The van der Waals surface area contributed by atoms with E-state index in [0.29, 0.717) is 23.7 Å². The maximum atomic E-state index is 14.9. The second-order valence-corrected chi connectivity index (χ2v) is 8.09. The first-order valence-corrected chi connectivity index (χ1v) is 10.3. The summed E-state index contributed by atoms with van der Waals surface area (Å²) in [5, 5.41) is 4.05. The van der Waals surface area contributed by atoms with Crippen molar-refractivity contribution in [3.05, 3.63) is 46.6 Å². The molecule has 31 heavy (non-hydrogen) atoms. The lowest BCUT2D eigenvalue weighted by atomic mass is 10.2.